The minimum absolute atomic E-state index is 0.0209. The molecule has 0 spiro atoms. The van der Waals surface area contributed by atoms with Crippen LogP contribution in [0.15, 0.2) is 0 Å². The van der Waals surface area contributed by atoms with Gasteiger partial charge in [0.05, 0.1) is 42.5 Å². The number of carbonyl (C=O) groups excluding carboxylic acids is 1. The lowest BCUT2D eigenvalue weighted by atomic mass is 9.83. The summed E-state index contributed by atoms with van der Waals surface area (Å²) in [6, 6.07) is -4.62. The highest BCUT2D eigenvalue weighted by atomic mass is 19.1. The molecule has 5 rings (SSSR count). The predicted octanol–water partition coefficient (Wildman–Crippen LogP) is -9.31. The number of amides is 1. The maximum atomic E-state index is 14.1. The lowest BCUT2D eigenvalue weighted by Crippen LogP contribution is -2.67. The number of alkyl halides is 1. The lowest BCUT2D eigenvalue weighted by Gasteiger charge is -2.47. The number of aliphatic hydroxyl groups excluding tert-OH is 7. The first-order valence-corrected chi connectivity index (χ1v) is 19.4. The Balaban J connectivity index is 1.33. The maximum Gasteiger partial charge on any atom is 0.252 e. The van der Waals surface area contributed by atoms with E-state index < -0.39 is 147 Å². The monoisotopic (exact) mass is 830 g/mol. The second-order valence-corrected chi connectivity index (χ2v) is 15.7. The number of hydrogen-bond acceptors (Lipinski definition) is 22. The summed E-state index contributed by atoms with van der Waals surface area (Å²) in [7, 11) is 0. The Morgan fingerprint density at radius 1 is 0.825 bits per heavy atom. The van der Waals surface area contributed by atoms with E-state index in [4.69, 9.17) is 57.1 Å². The zero-order valence-corrected chi connectivity index (χ0v) is 31.5. The Kier molecular flexibility index (Phi) is 16.7. The molecule has 0 radical (unpaired) electrons. The summed E-state index contributed by atoms with van der Waals surface area (Å²) < 4.78 is 49.9. The fraction of sp³-hybridized carbons (Fsp3) is 0.970. The average Bonchev–Trinajstić information content (AvgIpc) is 3.48. The molecule has 1 amide bonds. The van der Waals surface area contributed by atoms with Crippen molar-refractivity contribution in [3.63, 3.8) is 0 Å². The Bertz CT molecular complexity index is 1270. The van der Waals surface area contributed by atoms with E-state index in [1.165, 1.54) is 0 Å². The number of nitrogens with two attached hydrogens (primary N) is 5. The van der Waals surface area contributed by atoms with Crippen LogP contribution in [0.2, 0.25) is 0 Å². The van der Waals surface area contributed by atoms with Crippen LogP contribution in [0.5, 0.6) is 0 Å². The molecule has 4 aliphatic heterocycles. The standard InChI is InChI=1S/C33H63FN8O15/c34-12(7-35)21(45)29(50)42-15-5-13(37)26(55-30-14(38)6-16(44)18(53-30)9-41-11-33(51)1-3-40-4-2-33)28(22(15)46)57-32-25(49)27(19(10-43)54-32)56-31-20(39)24(48)23(47)17(8-36)52-31/h12-28,30-32,40-41,43-49,51H,1-11,35-39H2,(H,42,50)/t12-,13-,14+,15+,16-,17-,18+,19+,20+,21?,22-,23+,24+,25+,26+,27+,28+,30+,31+,32-/m0/s1. The smallest absolute Gasteiger partial charge is 0.252 e. The van der Waals surface area contributed by atoms with Gasteiger partial charge in [-0.05, 0) is 38.8 Å². The molecule has 1 saturated carbocycles. The predicted molar refractivity (Wildman–Crippen MR) is 192 cm³/mol. The maximum absolute atomic E-state index is 14.1. The van der Waals surface area contributed by atoms with Crippen molar-refractivity contribution in [2.75, 3.05) is 45.9 Å². The summed E-state index contributed by atoms with van der Waals surface area (Å²) in [5, 5.41) is 94.6. The highest BCUT2D eigenvalue weighted by Gasteiger charge is 2.54. The molecule has 5 aliphatic rings. The Labute approximate surface area is 328 Å². The van der Waals surface area contributed by atoms with Gasteiger partial charge in [0.2, 0.25) is 0 Å². The van der Waals surface area contributed by atoms with Crippen molar-refractivity contribution in [1.82, 2.24) is 16.0 Å². The SMILES string of the molecule is NC[C@@H]1O[C@H](O[C@H]2[C@@H](O)[C@H](O[C@@H]3[C@@H](O)[C@H](NC(=O)C(O)[C@@H](F)CN)C[C@H](N)[C@H]3O[C@H]3O[C@H](CNCC4(O)CCNCC4)[C@@H](O)C[C@H]3N)O[C@@H]2CO)[C@H](N)[C@@H](O)[C@@H]1O. The second-order valence-electron chi connectivity index (χ2n) is 15.7. The fourth-order valence-corrected chi connectivity index (χ4v) is 7.88. The molecule has 57 heavy (non-hydrogen) atoms. The molecule has 21 N–H and O–H groups in total. The van der Waals surface area contributed by atoms with Crippen LogP contribution in [0.1, 0.15) is 25.7 Å². The van der Waals surface area contributed by atoms with Crippen molar-refractivity contribution in [3.8, 4) is 0 Å². The first kappa shape index (κ1) is 46.6. The van der Waals surface area contributed by atoms with E-state index in [0.29, 0.717) is 25.9 Å². The first-order valence-electron chi connectivity index (χ1n) is 19.4. The summed E-state index contributed by atoms with van der Waals surface area (Å²) in [6.45, 7) is 0.0427. The highest BCUT2D eigenvalue weighted by molar-refractivity contribution is 5.81. The number of nitrogens with one attached hydrogen (secondary N) is 3. The van der Waals surface area contributed by atoms with Gasteiger partial charge in [-0.15, -0.1) is 0 Å². The summed E-state index contributed by atoms with van der Waals surface area (Å²) >= 11 is 0. The Hall–Kier alpha value is -1.44. The molecule has 0 aromatic carbocycles. The molecule has 332 valence electrons. The van der Waals surface area contributed by atoms with Gasteiger partial charge in [0.1, 0.15) is 61.1 Å². The number of rotatable bonds is 16. The van der Waals surface area contributed by atoms with Crippen LogP contribution in [0.4, 0.5) is 4.39 Å². The molecule has 0 bridgehead atoms. The average molecular weight is 831 g/mol. The van der Waals surface area contributed by atoms with Crippen molar-refractivity contribution < 1.29 is 78.5 Å². The molecule has 5 fully saturated rings. The fourth-order valence-electron chi connectivity index (χ4n) is 7.88. The number of ether oxygens (including phenoxy) is 6. The molecule has 1 unspecified atom stereocenters. The summed E-state index contributed by atoms with van der Waals surface area (Å²) in [5.74, 6) is -1.20. The number of hydrogen-bond donors (Lipinski definition) is 16. The third-order valence-corrected chi connectivity index (χ3v) is 11.4. The van der Waals surface area contributed by atoms with E-state index >= 15 is 0 Å². The molecule has 0 aromatic rings. The molecule has 23 nitrogen and oxygen atoms in total. The van der Waals surface area contributed by atoms with Crippen LogP contribution in [-0.2, 0) is 33.2 Å². The van der Waals surface area contributed by atoms with Gasteiger partial charge >= 0.3 is 0 Å². The van der Waals surface area contributed by atoms with E-state index in [1.54, 1.807) is 0 Å². The zero-order valence-electron chi connectivity index (χ0n) is 31.5. The minimum atomic E-state index is -2.18. The third-order valence-electron chi connectivity index (χ3n) is 11.4. The van der Waals surface area contributed by atoms with Crippen LogP contribution in [0.25, 0.3) is 0 Å². The van der Waals surface area contributed by atoms with Crippen molar-refractivity contribution in [2.24, 2.45) is 28.7 Å². The summed E-state index contributed by atoms with van der Waals surface area (Å²) in [6.07, 6.45) is -22.9. The van der Waals surface area contributed by atoms with Crippen LogP contribution < -0.4 is 44.6 Å². The molecular formula is C33H63FN8O15. The van der Waals surface area contributed by atoms with Crippen molar-refractivity contribution in [2.45, 2.75) is 154 Å². The van der Waals surface area contributed by atoms with Gasteiger partial charge in [-0.25, -0.2) is 4.39 Å². The quantitative estimate of drug-likeness (QED) is 0.0686. The largest absolute Gasteiger partial charge is 0.394 e. The summed E-state index contributed by atoms with van der Waals surface area (Å²) in [5.41, 5.74) is 29.0. The molecule has 1 aliphatic carbocycles. The van der Waals surface area contributed by atoms with Gasteiger partial charge in [0.15, 0.2) is 25.0 Å². The normalized spacial score (nSPS) is 45.0. The second kappa shape index (κ2) is 20.4. The van der Waals surface area contributed by atoms with Crippen LogP contribution in [0, 0.1) is 0 Å². The molecule has 24 heteroatoms. The van der Waals surface area contributed by atoms with Crippen molar-refractivity contribution in [1.29, 1.82) is 0 Å². The molecule has 20 atom stereocenters. The zero-order chi connectivity index (χ0) is 41.8. The van der Waals surface area contributed by atoms with E-state index in [0.717, 1.165) is 0 Å². The Morgan fingerprint density at radius 2 is 1.46 bits per heavy atom. The van der Waals surface area contributed by atoms with Gasteiger partial charge < -0.3 is 114 Å². The topological polar surface area (TPSA) is 400 Å². The number of piperidine rings is 1. The van der Waals surface area contributed by atoms with Gasteiger partial charge in [-0.3, -0.25) is 4.79 Å². The lowest BCUT2D eigenvalue weighted by molar-refractivity contribution is -0.297. The highest BCUT2D eigenvalue weighted by Crippen LogP contribution is 2.35. The molecule has 0 aromatic heterocycles. The number of halogens is 1. The first-order chi connectivity index (χ1) is 27.0. The van der Waals surface area contributed by atoms with Gasteiger partial charge in [-0.2, -0.15) is 0 Å². The van der Waals surface area contributed by atoms with Crippen LogP contribution in [0.3, 0.4) is 0 Å². The van der Waals surface area contributed by atoms with E-state index in [2.05, 4.69) is 16.0 Å². The van der Waals surface area contributed by atoms with Crippen LogP contribution >= 0.6 is 0 Å². The van der Waals surface area contributed by atoms with Gasteiger partial charge in [0, 0.05) is 32.2 Å². The number of carbonyl (C=O) groups is 1. The van der Waals surface area contributed by atoms with Crippen LogP contribution in [-0.4, -0.2) is 221 Å². The minimum Gasteiger partial charge on any atom is -0.394 e. The molecular weight excluding hydrogens is 767 g/mol. The summed E-state index contributed by atoms with van der Waals surface area (Å²) in [4.78, 5) is 12.8. The molecule has 4 heterocycles. The molecule has 4 saturated heterocycles. The Morgan fingerprint density at radius 3 is 2.11 bits per heavy atom. The third kappa shape index (κ3) is 10.9. The van der Waals surface area contributed by atoms with E-state index in [-0.39, 0.29) is 32.5 Å². The van der Waals surface area contributed by atoms with E-state index in [9.17, 15) is 50.0 Å². The van der Waals surface area contributed by atoms with E-state index in [1.807, 2.05) is 0 Å². The number of aliphatic hydroxyl groups is 8. The van der Waals surface area contributed by atoms with Crippen molar-refractivity contribution in [3.05, 3.63) is 0 Å². The van der Waals surface area contributed by atoms with Gasteiger partial charge in [-0.1, -0.05) is 0 Å². The van der Waals surface area contributed by atoms with Gasteiger partial charge in [0.25, 0.3) is 5.91 Å². The van der Waals surface area contributed by atoms with Crippen molar-refractivity contribution >= 4 is 5.91 Å².